The number of carbonyl (C=O) groups excluding carboxylic acids is 1. The van der Waals surface area contributed by atoms with Crippen molar-refractivity contribution in [3.63, 3.8) is 0 Å². The van der Waals surface area contributed by atoms with E-state index in [9.17, 15) is 17.6 Å². The summed E-state index contributed by atoms with van der Waals surface area (Å²) in [4.78, 5) is 14.1. The molecule has 1 aliphatic rings. The van der Waals surface area contributed by atoms with Crippen LogP contribution in [0.1, 0.15) is 33.6 Å². The highest BCUT2D eigenvalue weighted by Crippen LogP contribution is 2.28. The van der Waals surface area contributed by atoms with E-state index in [1.165, 1.54) is 18.2 Å². The number of rotatable bonds is 5. The van der Waals surface area contributed by atoms with Crippen molar-refractivity contribution in [3.8, 4) is 16.9 Å². The van der Waals surface area contributed by atoms with Crippen LogP contribution in [-0.2, 0) is 14.6 Å². The molecule has 0 saturated carbocycles. The van der Waals surface area contributed by atoms with Crippen molar-refractivity contribution in [2.24, 2.45) is 5.92 Å². The van der Waals surface area contributed by atoms with E-state index in [4.69, 9.17) is 9.47 Å². The van der Waals surface area contributed by atoms with Gasteiger partial charge in [-0.05, 0) is 74.9 Å². The summed E-state index contributed by atoms with van der Waals surface area (Å²) in [6.45, 7) is 7.09. The van der Waals surface area contributed by atoms with Crippen molar-refractivity contribution in [1.29, 1.82) is 0 Å². The molecule has 1 aliphatic heterocycles. The Balaban J connectivity index is 1.54. The number of hydrogen-bond donors (Lipinski definition) is 0. The maximum absolute atomic E-state index is 14.6. The molecule has 0 radical (unpaired) electrons. The predicted octanol–water partition coefficient (Wildman–Crippen LogP) is 4.92. The highest BCUT2D eigenvalue weighted by Gasteiger charge is 2.27. The van der Waals surface area contributed by atoms with Crippen LogP contribution >= 0.6 is 0 Å². The highest BCUT2D eigenvalue weighted by molar-refractivity contribution is 7.90. The van der Waals surface area contributed by atoms with E-state index in [-0.39, 0.29) is 22.7 Å². The number of likely N-dealkylation sites (tertiary alicyclic amines) is 1. The van der Waals surface area contributed by atoms with Gasteiger partial charge in [-0.1, -0.05) is 18.2 Å². The molecule has 0 aromatic heterocycles. The summed E-state index contributed by atoms with van der Waals surface area (Å²) in [5, 5.41) is 0. The van der Waals surface area contributed by atoms with Crippen LogP contribution < -0.4 is 4.74 Å². The molecular formula is C24H30FNO5S. The number of piperidine rings is 1. The second-order valence-corrected chi connectivity index (χ2v) is 11.2. The zero-order valence-electron chi connectivity index (χ0n) is 18.9. The zero-order valence-corrected chi connectivity index (χ0v) is 19.7. The normalized spacial score (nSPS) is 15.5. The number of sulfone groups is 1. The van der Waals surface area contributed by atoms with Crippen LogP contribution in [0.4, 0.5) is 9.18 Å². The topological polar surface area (TPSA) is 72.9 Å². The van der Waals surface area contributed by atoms with E-state index in [2.05, 4.69) is 0 Å². The van der Waals surface area contributed by atoms with Gasteiger partial charge in [0, 0.05) is 19.3 Å². The lowest BCUT2D eigenvalue weighted by molar-refractivity contribution is 0.0164. The molecule has 1 saturated heterocycles. The molecule has 0 unspecified atom stereocenters. The Morgan fingerprint density at radius 3 is 2.19 bits per heavy atom. The molecule has 8 heteroatoms. The number of benzene rings is 2. The van der Waals surface area contributed by atoms with Gasteiger partial charge >= 0.3 is 6.09 Å². The lowest BCUT2D eigenvalue weighted by Gasteiger charge is -2.33. The summed E-state index contributed by atoms with van der Waals surface area (Å²) in [6, 6.07) is 11.1. The molecule has 0 N–H and O–H groups in total. The molecule has 0 atom stereocenters. The van der Waals surface area contributed by atoms with Crippen molar-refractivity contribution in [2.75, 3.05) is 26.0 Å². The minimum atomic E-state index is -3.27. The van der Waals surface area contributed by atoms with Crippen molar-refractivity contribution >= 4 is 15.9 Å². The van der Waals surface area contributed by atoms with Gasteiger partial charge in [0.05, 0.1) is 11.5 Å². The van der Waals surface area contributed by atoms with Crippen molar-refractivity contribution in [3.05, 3.63) is 48.3 Å². The van der Waals surface area contributed by atoms with Crippen LogP contribution in [0.15, 0.2) is 47.4 Å². The van der Waals surface area contributed by atoms with Crippen LogP contribution in [0.25, 0.3) is 11.1 Å². The summed E-state index contributed by atoms with van der Waals surface area (Å²) in [5.74, 6) is -0.0618. The molecule has 32 heavy (non-hydrogen) atoms. The molecular weight excluding hydrogens is 433 g/mol. The van der Waals surface area contributed by atoms with E-state index in [0.717, 1.165) is 24.7 Å². The number of ether oxygens (including phenoxy) is 2. The van der Waals surface area contributed by atoms with Crippen LogP contribution in [0.5, 0.6) is 5.75 Å². The van der Waals surface area contributed by atoms with Crippen LogP contribution in [0, 0.1) is 11.7 Å². The quantitative estimate of drug-likeness (QED) is 0.629. The maximum atomic E-state index is 14.6. The SMILES string of the molecule is CC(C)(C)OC(=O)N1CCC(COc2ccc(-c3ccc(S(C)(=O)=O)cc3)cc2F)CC1. The first-order valence-electron chi connectivity index (χ1n) is 10.6. The summed E-state index contributed by atoms with van der Waals surface area (Å²) in [7, 11) is -3.27. The van der Waals surface area contributed by atoms with Gasteiger partial charge < -0.3 is 14.4 Å². The summed E-state index contributed by atoms with van der Waals surface area (Å²) < 4.78 is 48.9. The van der Waals surface area contributed by atoms with E-state index < -0.39 is 21.3 Å². The minimum Gasteiger partial charge on any atom is -0.490 e. The molecule has 1 amide bonds. The fourth-order valence-corrected chi connectivity index (χ4v) is 4.14. The average Bonchev–Trinajstić information content (AvgIpc) is 2.71. The Bertz CT molecular complexity index is 1050. The van der Waals surface area contributed by atoms with Gasteiger partial charge in [0.1, 0.15) is 5.60 Å². The third-order valence-corrected chi connectivity index (χ3v) is 6.42. The van der Waals surface area contributed by atoms with E-state index >= 15 is 0 Å². The molecule has 6 nitrogen and oxygen atoms in total. The largest absolute Gasteiger partial charge is 0.490 e. The fourth-order valence-electron chi connectivity index (χ4n) is 3.51. The lowest BCUT2D eigenvalue weighted by Crippen LogP contribution is -2.42. The van der Waals surface area contributed by atoms with Gasteiger partial charge in [0.25, 0.3) is 0 Å². The lowest BCUT2D eigenvalue weighted by atomic mass is 9.98. The minimum absolute atomic E-state index is 0.177. The average molecular weight is 464 g/mol. The van der Waals surface area contributed by atoms with Crippen molar-refractivity contribution in [2.45, 2.75) is 44.1 Å². The standard InChI is InChI=1S/C24H30FNO5S/c1-24(2,3)31-23(27)26-13-11-17(12-14-26)16-30-22-10-7-19(15-21(22)25)18-5-8-20(9-6-18)32(4,28)29/h5-10,15,17H,11-14,16H2,1-4H3. The maximum Gasteiger partial charge on any atom is 0.410 e. The number of amides is 1. The van der Waals surface area contributed by atoms with Gasteiger partial charge in [-0.15, -0.1) is 0 Å². The number of nitrogens with zero attached hydrogens (tertiary/aromatic N) is 1. The van der Waals surface area contributed by atoms with Gasteiger partial charge in [-0.3, -0.25) is 0 Å². The molecule has 1 fully saturated rings. The molecule has 2 aromatic rings. The fraction of sp³-hybridized carbons (Fsp3) is 0.458. The summed E-state index contributed by atoms with van der Waals surface area (Å²) in [5.41, 5.74) is 0.842. The van der Waals surface area contributed by atoms with E-state index in [0.29, 0.717) is 25.3 Å². The van der Waals surface area contributed by atoms with Crippen LogP contribution in [-0.4, -0.2) is 51.0 Å². The summed E-state index contributed by atoms with van der Waals surface area (Å²) >= 11 is 0. The number of carbonyl (C=O) groups is 1. The predicted molar refractivity (Wildman–Crippen MR) is 121 cm³/mol. The Labute approximate surface area is 189 Å². The van der Waals surface area contributed by atoms with Crippen LogP contribution in [0.2, 0.25) is 0 Å². The monoisotopic (exact) mass is 463 g/mol. The van der Waals surface area contributed by atoms with Gasteiger partial charge in [0.15, 0.2) is 21.4 Å². The van der Waals surface area contributed by atoms with Gasteiger partial charge in [-0.2, -0.15) is 0 Å². The van der Waals surface area contributed by atoms with E-state index in [1.54, 1.807) is 29.2 Å². The first-order chi connectivity index (χ1) is 14.9. The van der Waals surface area contributed by atoms with Gasteiger partial charge in [0.2, 0.25) is 0 Å². The van der Waals surface area contributed by atoms with E-state index in [1.807, 2.05) is 20.8 Å². The Morgan fingerprint density at radius 2 is 1.66 bits per heavy atom. The Kier molecular flexibility index (Phi) is 7.12. The van der Waals surface area contributed by atoms with Crippen LogP contribution in [0.3, 0.4) is 0 Å². The summed E-state index contributed by atoms with van der Waals surface area (Å²) in [6.07, 6.45) is 2.38. The van der Waals surface area contributed by atoms with Gasteiger partial charge in [-0.25, -0.2) is 17.6 Å². The number of halogens is 1. The number of hydrogen-bond acceptors (Lipinski definition) is 5. The van der Waals surface area contributed by atoms with Crippen molar-refractivity contribution in [1.82, 2.24) is 4.90 Å². The zero-order chi connectivity index (χ0) is 23.5. The smallest absolute Gasteiger partial charge is 0.410 e. The Morgan fingerprint density at radius 1 is 1.06 bits per heavy atom. The third kappa shape index (κ3) is 6.45. The first kappa shape index (κ1) is 24.0. The molecule has 0 bridgehead atoms. The third-order valence-electron chi connectivity index (χ3n) is 5.29. The first-order valence-corrected chi connectivity index (χ1v) is 12.5. The molecule has 0 aliphatic carbocycles. The molecule has 3 rings (SSSR count). The molecule has 2 aromatic carbocycles. The molecule has 174 valence electrons. The molecule has 0 spiro atoms. The second-order valence-electron chi connectivity index (χ2n) is 9.16. The Hall–Kier alpha value is -2.61. The highest BCUT2D eigenvalue weighted by atomic mass is 32.2. The second kappa shape index (κ2) is 9.48. The molecule has 1 heterocycles. The van der Waals surface area contributed by atoms with Crippen molar-refractivity contribution < 1.29 is 27.1 Å².